The van der Waals surface area contributed by atoms with Crippen LogP contribution in [0.2, 0.25) is 0 Å². The summed E-state index contributed by atoms with van der Waals surface area (Å²) in [4.78, 5) is 4.52. The summed E-state index contributed by atoms with van der Waals surface area (Å²) in [5, 5.41) is 9.39. The first kappa shape index (κ1) is 20.0. The zero-order valence-corrected chi connectivity index (χ0v) is 19.2. The minimum Gasteiger partial charge on any atom is -0.460 e. The van der Waals surface area contributed by atoms with Crippen molar-refractivity contribution in [2.45, 2.75) is 12.8 Å². The van der Waals surface area contributed by atoms with E-state index in [4.69, 9.17) is 4.74 Å². The van der Waals surface area contributed by atoms with E-state index in [-0.39, 0.29) is 0 Å². The van der Waals surface area contributed by atoms with Crippen molar-refractivity contribution in [3.63, 3.8) is 0 Å². The molecular formula is C33H23NO. The second-order valence-electron chi connectivity index (χ2n) is 9.09. The lowest BCUT2D eigenvalue weighted by Gasteiger charge is -2.19. The topological polar surface area (TPSA) is 22.1 Å². The zero-order chi connectivity index (χ0) is 23.2. The fourth-order valence-electron chi connectivity index (χ4n) is 5.40. The first-order valence-electron chi connectivity index (χ1n) is 12.1. The standard InChI is InChI=1S/C33H23NO/c1-2-10-24-20-25(17-16-22(24)8-1)32-27-13-5-6-14-28(27)33(29-18-19-34-21-30(29)32)35-31-15-7-11-23-9-3-4-12-26(23)31/h1-6,8-14,16-21H,7,15H2. The molecule has 0 spiro atoms. The van der Waals surface area contributed by atoms with E-state index in [1.54, 1.807) is 0 Å². The van der Waals surface area contributed by atoms with Crippen molar-refractivity contribution >= 4 is 44.2 Å². The summed E-state index contributed by atoms with van der Waals surface area (Å²) in [5.41, 5.74) is 2.39. The van der Waals surface area contributed by atoms with Crippen molar-refractivity contribution in [2.75, 3.05) is 0 Å². The summed E-state index contributed by atoms with van der Waals surface area (Å²) in [7, 11) is 0. The van der Waals surface area contributed by atoms with Gasteiger partial charge in [0, 0.05) is 40.2 Å². The van der Waals surface area contributed by atoms with E-state index in [0.29, 0.717) is 0 Å². The van der Waals surface area contributed by atoms with Crippen LogP contribution >= 0.6 is 0 Å². The van der Waals surface area contributed by atoms with Crippen molar-refractivity contribution in [2.24, 2.45) is 0 Å². The van der Waals surface area contributed by atoms with Gasteiger partial charge in [-0.15, -0.1) is 0 Å². The summed E-state index contributed by atoms with van der Waals surface area (Å²) in [6, 6.07) is 34.4. The van der Waals surface area contributed by atoms with Crippen LogP contribution in [-0.4, -0.2) is 4.98 Å². The Kier molecular flexibility index (Phi) is 4.63. The molecule has 2 heteroatoms. The van der Waals surface area contributed by atoms with E-state index in [1.165, 1.54) is 37.7 Å². The second-order valence-corrected chi connectivity index (χ2v) is 9.09. The predicted molar refractivity (Wildman–Crippen MR) is 146 cm³/mol. The van der Waals surface area contributed by atoms with Crippen molar-refractivity contribution < 1.29 is 4.74 Å². The molecule has 1 aliphatic carbocycles. The fraction of sp³-hybridized carbons (Fsp3) is 0.0606. The van der Waals surface area contributed by atoms with Crippen LogP contribution in [0.1, 0.15) is 12.8 Å². The zero-order valence-electron chi connectivity index (χ0n) is 19.2. The summed E-state index contributed by atoms with van der Waals surface area (Å²) in [6.45, 7) is 0. The van der Waals surface area contributed by atoms with E-state index >= 15 is 0 Å². The molecule has 0 saturated carbocycles. The van der Waals surface area contributed by atoms with Gasteiger partial charge in [0.05, 0.1) is 0 Å². The van der Waals surface area contributed by atoms with Crippen LogP contribution in [0.15, 0.2) is 109 Å². The molecule has 0 unspecified atom stereocenters. The Balaban J connectivity index is 1.54. The highest BCUT2D eigenvalue weighted by Crippen LogP contribution is 2.44. The Morgan fingerprint density at radius 3 is 2.37 bits per heavy atom. The van der Waals surface area contributed by atoms with Crippen LogP contribution < -0.4 is 15.2 Å². The maximum absolute atomic E-state index is 6.84. The molecule has 1 aliphatic rings. The molecule has 0 fully saturated rings. The third kappa shape index (κ3) is 3.30. The minimum absolute atomic E-state index is 0.893. The highest BCUT2D eigenvalue weighted by atomic mass is 16.5. The van der Waals surface area contributed by atoms with Crippen LogP contribution in [0.4, 0.5) is 0 Å². The summed E-state index contributed by atoms with van der Waals surface area (Å²) in [5.74, 6) is 1.94. The first-order chi connectivity index (χ1) is 17.4. The third-order valence-electron chi connectivity index (χ3n) is 7.04. The molecule has 0 saturated heterocycles. The average molecular weight is 450 g/mol. The number of hydrogen-bond acceptors (Lipinski definition) is 2. The molecule has 35 heavy (non-hydrogen) atoms. The van der Waals surface area contributed by atoms with E-state index < -0.39 is 0 Å². The molecule has 5 aromatic carbocycles. The van der Waals surface area contributed by atoms with Crippen LogP contribution in [0.5, 0.6) is 5.75 Å². The van der Waals surface area contributed by atoms with Crippen LogP contribution in [0, 0.1) is 0 Å². The third-order valence-corrected chi connectivity index (χ3v) is 7.04. The number of benzene rings is 5. The maximum Gasteiger partial charge on any atom is 0.142 e. The predicted octanol–water partition coefficient (Wildman–Crippen LogP) is 6.97. The smallest absolute Gasteiger partial charge is 0.142 e. The summed E-state index contributed by atoms with van der Waals surface area (Å²) in [6.07, 6.45) is 8.02. The Morgan fingerprint density at radius 1 is 0.657 bits per heavy atom. The molecule has 166 valence electrons. The molecule has 0 amide bonds. The Hall–Kier alpha value is -4.43. The number of fused-ring (bicyclic) bond motifs is 4. The van der Waals surface area contributed by atoms with Crippen molar-refractivity contribution in [1.82, 2.24) is 4.98 Å². The van der Waals surface area contributed by atoms with Gasteiger partial charge in [-0.05, 0) is 51.1 Å². The maximum atomic E-state index is 6.84. The minimum atomic E-state index is 0.893. The van der Waals surface area contributed by atoms with Crippen molar-refractivity contribution in [1.29, 1.82) is 0 Å². The molecule has 6 aromatic rings. The van der Waals surface area contributed by atoms with Gasteiger partial charge in [0.2, 0.25) is 0 Å². The number of ether oxygens (including phenoxy) is 1. The van der Waals surface area contributed by atoms with Gasteiger partial charge < -0.3 is 4.74 Å². The summed E-state index contributed by atoms with van der Waals surface area (Å²) < 4.78 is 6.84. The lowest BCUT2D eigenvalue weighted by molar-refractivity contribution is 0.495. The molecule has 1 aromatic heterocycles. The normalized spacial score (nSPS) is 13.1. The summed E-state index contributed by atoms with van der Waals surface area (Å²) >= 11 is 0. The highest BCUT2D eigenvalue weighted by molar-refractivity contribution is 6.17. The van der Waals surface area contributed by atoms with Gasteiger partial charge in [0.1, 0.15) is 11.5 Å². The van der Waals surface area contributed by atoms with Gasteiger partial charge >= 0.3 is 0 Å². The van der Waals surface area contributed by atoms with Gasteiger partial charge in [-0.2, -0.15) is 0 Å². The molecular weight excluding hydrogens is 426 g/mol. The molecule has 0 bridgehead atoms. The number of pyridine rings is 1. The number of aromatic nitrogens is 1. The fourth-order valence-corrected chi connectivity index (χ4v) is 5.40. The quantitative estimate of drug-likeness (QED) is 0.272. The van der Waals surface area contributed by atoms with Gasteiger partial charge in [0.15, 0.2) is 0 Å². The van der Waals surface area contributed by atoms with Crippen LogP contribution in [-0.2, 0) is 0 Å². The molecule has 0 radical (unpaired) electrons. The lowest BCUT2D eigenvalue weighted by Crippen LogP contribution is -2.30. The Labute approximate surface area is 203 Å². The van der Waals surface area contributed by atoms with Crippen molar-refractivity contribution in [3.8, 4) is 16.9 Å². The van der Waals surface area contributed by atoms with Crippen LogP contribution in [0.25, 0.3) is 55.3 Å². The van der Waals surface area contributed by atoms with E-state index in [2.05, 4.69) is 108 Å². The molecule has 2 nitrogen and oxygen atoms in total. The molecule has 0 aliphatic heterocycles. The van der Waals surface area contributed by atoms with Gasteiger partial charge in [-0.25, -0.2) is 0 Å². The SMILES string of the molecule is C1=c2ccccc2=C(Oc2c3ccccc3c(-c3ccc4ccccc4c3)c3cnccc23)CC1. The average Bonchev–Trinajstić information content (AvgIpc) is 2.93. The van der Waals surface area contributed by atoms with Crippen molar-refractivity contribution in [3.05, 3.63) is 120 Å². The molecule has 7 rings (SSSR count). The Bertz CT molecular complexity index is 1830. The molecule has 0 atom stereocenters. The van der Waals surface area contributed by atoms with Gasteiger partial charge in [0.25, 0.3) is 0 Å². The van der Waals surface area contributed by atoms with Gasteiger partial charge in [-0.1, -0.05) is 91.0 Å². The Morgan fingerprint density at radius 2 is 1.43 bits per heavy atom. The molecule has 0 N–H and O–H groups in total. The first-order valence-corrected chi connectivity index (χ1v) is 12.1. The van der Waals surface area contributed by atoms with Crippen LogP contribution in [0.3, 0.4) is 0 Å². The van der Waals surface area contributed by atoms with Gasteiger partial charge in [-0.3, -0.25) is 4.98 Å². The molecule has 1 heterocycles. The highest BCUT2D eigenvalue weighted by Gasteiger charge is 2.18. The monoisotopic (exact) mass is 449 g/mol. The van der Waals surface area contributed by atoms with E-state index in [1.807, 2.05) is 12.4 Å². The second kappa shape index (κ2) is 8.11. The lowest BCUT2D eigenvalue weighted by atomic mass is 9.91. The van der Waals surface area contributed by atoms with E-state index in [0.717, 1.165) is 40.5 Å². The number of rotatable bonds is 3. The van der Waals surface area contributed by atoms with E-state index in [9.17, 15) is 0 Å². The largest absolute Gasteiger partial charge is 0.460 e. The number of nitrogens with zero attached hydrogens (tertiary/aromatic N) is 1. The number of hydrogen-bond donors (Lipinski definition) is 0.